The Morgan fingerprint density at radius 3 is 2.89 bits per heavy atom. The van der Waals surface area contributed by atoms with Gasteiger partial charge in [0.05, 0.1) is 6.54 Å². The van der Waals surface area contributed by atoms with Gasteiger partial charge in [-0.1, -0.05) is 36.9 Å². The van der Waals surface area contributed by atoms with Gasteiger partial charge in [-0.25, -0.2) is 4.99 Å². The van der Waals surface area contributed by atoms with E-state index in [2.05, 4.69) is 22.2 Å². The third kappa shape index (κ3) is 5.17. The number of rotatable bonds is 8. The molecule has 3 rings (SSSR count). The smallest absolute Gasteiger partial charge is 0.231 e. The maximum atomic E-state index is 5.71. The van der Waals surface area contributed by atoms with Crippen molar-refractivity contribution in [1.82, 2.24) is 10.6 Å². The average Bonchev–Trinajstić information content (AvgIpc) is 3.17. The Labute approximate surface area is 159 Å². The molecule has 0 saturated heterocycles. The molecule has 0 aromatic heterocycles. The lowest BCUT2D eigenvalue weighted by Crippen LogP contribution is -2.36. The molecule has 1 aliphatic heterocycles. The van der Waals surface area contributed by atoms with E-state index in [0.29, 0.717) is 19.7 Å². The van der Waals surface area contributed by atoms with Crippen LogP contribution in [0.15, 0.2) is 60.1 Å². The Hall–Kier alpha value is -3.15. The number of hydrogen-bond acceptors (Lipinski definition) is 4. The van der Waals surface area contributed by atoms with E-state index in [4.69, 9.17) is 14.2 Å². The highest BCUT2D eigenvalue weighted by Crippen LogP contribution is 2.32. The van der Waals surface area contributed by atoms with Crippen LogP contribution >= 0.6 is 0 Å². The predicted octanol–water partition coefficient (Wildman–Crippen LogP) is 3.24. The number of guanidine groups is 1. The van der Waals surface area contributed by atoms with Crippen molar-refractivity contribution in [2.24, 2.45) is 4.99 Å². The van der Waals surface area contributed by atoms with Crippen LogP contribution < -0.4 is 24.8 Å². The van der Waals surface area contributed by atoms with Crippen molar-refractivity contribution in [1.29, 1.82) is 0 Å². The van der Waals surface area contributed by atoms with Crippen LogP contribution in [0.5, 0.6) is 17.2 Å². The molecule has 0 radical (unpaired) electrons. The molecule has 0 unspecified atom stereocenters. The van der Waals surface area contributed by atoms with Gasteiger partial charge in [0.25, 0.3) is 0 Å². The number of ether oxygens (including phenoxy) is 3. The minimum absolute atomic E-state index is 0.277. The number of fused-ring (bicyclic) bond motifs is 1. The first-order chi connectivity index (χ1) is 13.3. The fourth-order valence-electron chi connectivity index (χ4n) is 2.67. The van der Waals surface area contributed by atoms with Crippen molar-refractivity contribution in [3.8, 4) is 17.2 Å². The summed E-state index contributed by atoms with van der Waals surface area (Å²) < 4.78 is 16.5. The van der Waals surface area contributed by atoms with E-state index in [1.807, 2.05) is 49.4 Å². The molecule has 2 aromatic carbocycles. The molecule has 6 heteroatoms. The summed E-state index contributed by atoms with van der Waals surface area (Å²) in [4.78, 5) is 4.66. The maximum absolute atomic E-state index is 5.71. The monoisotopic (exact) mass is 367 g/mol. The van der Waals surface area contributed by atoms with Gasteiger partial charge in [-0.15, -0.1) is 0 Å². The zero-order valence-electron chi connectivity index (χ0n) is 15.5. The first-order valence-corrected chi connectivity index (χ1v) is 9.02. The highest BCUT2D eigenvalue weighted by molar-refractivity contribution is 5.79. The van der Waals surface area contributed by atoms with Crippen LogP contribution in [0.1, 0.15) is 18.1 Å². The van der Waals surface area contributed by atoms with Gasteiger partial charge < -0.3 is 24.8 Å². The fraction of sp³-hybridized carbons (Fsp3) is 0.286. The zero-order valence-corrected chi connectivity index (χ0v) is 15.5. The van der Waals surface area contributed by atoms with Gasteiger partial charge in [0.1, 0.15) is 12.4 Å². The Morgan fingerprint density at radius 2 is 2.04 bits per heavy atom. The number of para-hydroxylation sites is 1. The molecule has 0 atom stereocenters. The number of benzene rings is 2. The minimum atomic E-state index is 0.277. The SMILES string of the molecule is C=CCOc1ccccc1CNC(=NCc1ccc2c(c1)OCO2)NCC. The molecule has 1 heterocycles. The largest absolute Gasteiger partial charge is 0.489 e. The van der Waals surface area contributed by atoms with Crippen molar-refractivity contribution in [3.63, 3.8) is 0 Å². The van der Waals surface area contributed by atoms with E-state index in [9.17, 15) is 0 Å². The van der Waals surface area contributed by atoms with Gasteiger partial charge >= 0.3 is 0 Å². The lowest BCUT2D eigenvalue weighted by atomic mass is 10.2. The first kappa shape index (κ1) is 18.6. The molecule has 0 amide bonds. The highest BCUT2D eigenvalue weighted by Gasteiger charge is 2.13. The van der Waals surface area contributed by atoms with Crippen LogP contribution in [0.4, 0.5) is 0 Å². The summed E-state index contributed by atoms with van der Waals surface area (Å²) in [5.74, 6) is 3.14. The fourth-order valence-corrected chi connectivity index (χ4v) is 2.67. The Bertz CT molecular complexity index is 805. The summed E-state index contributed by atoms with van der Waals surface area (Å²) in [6, 6.07) is 13.8. The molecule has 27 heavy (non-hydrogen) atoms. The molecule has 0 bridgehead atoms. The van der Waals surface area contributed by atoms with Crippen LogP contribution in [0, 0.1) is 0 Å². The molecule has 2 N–H and O–H groups in total. The minimum Gasteiger partial charge on any atom is -0.489 e. The maximum Gasteiger partial charge on any atom is 0.231 e. The van der Waals surface area contributed by atoms with Crippen LogP contribution in [0.2, 0.25) is 0 Å². The summed E-state index contributed by atoms with van der Waals surface area (Å²) >= 11 is 0. The topological polar surface area (TPSA) is 64.1 Å². The van der Waals surface area contributed by atoms with Gasteiger partial charge in [0.15, 0.2) is 17.5 Å². The van der Waals surface area contributed by atoms with E-state index in [-0.39, 0.29) is 6.79 Å². The van der Waals surface area contributed by atoms with Crippen LogP contribution in [0.25, 0.3) is 0 Å². The molecular formula is C21H25N3O3. The van der Waals surface area contributed by atoms with Crippen LogP contribution in [-0.2, 0) is 13.1 Å². The van der Waals surface area contributed by atoms with Crippen molar-refractivity contribution in [3.05, 3.63) is 66.2 Å². The molecule has 0 saturated carbocycles. The third-order valence-corrected chi connectivity index (χ3v) is 3.98. The number of nitrogens with one attached hydrogen (secondary N) is 2. The third-order valence-electron chi connectivity index (χ3n) is 3.98. The average molecular weight is 367 g/mol. The van der Waals surface area contributed by atoms with E-state index in [1.54, 1.807) is 6.08 Å². The predicted molar refractivity (Wildman–Crippen MR) is 106 cm³/mol. The second kappa shape index (κ2) is 9.52. The van der Waals surface area contributed by atoms with Gasteiger partial charge in [0, 0.05) is 18.7 Å². The van der Waals surface area contributed by atoms with E-state index < -0.39 is 0 Å². The van der Waals surface area contributed by atoms with Gasteiger partial charge in [-0.05, 0) is 30.7 Å². The lowest BCUT2D eigenvalue weighted by Gasteiger charge is -2.14. The molecule has 142 valence electrons. The van der Waals surface area contributed by atoms with Gasteiger partial charge in [0.2, 0.25) is 6.79 Å². The molecule has 1 aliphatic rings. The summed E-state index contributed by atoms with van der Waals surface area (Å²) in [6.07, 6.45) is 1.74. The first-order valence-electron chi connectivity index (χ1n) is 9.02. The lowest BCUT2D eigenvalue weighted by molar-refractivity contribution is 0.174. The summed E-state index contributed by atoms with van der Waals surface area (Å²) in [7, 11) is 0. The number of nitrogens with zero attached hydrogens (tertiary/aromatic N) is 1. The number of hydrogen-bond donors (Lipinski definition) is 2. The van der Waals surface area contributed by atoms with E-state index >= 15 is 0 Å². The zero-order chi connectivity index (χ0) is 18.9. The quantitative estimate of drug-likeness (QED) is 0.426. The molecular weight excluding hydrogens is 342 g/mol. The Morgan fingerprint density at radius 1 is 1.19 bits per heavy atom. The number of aliphatic imine (C=N–C) groups is 1. The summed E-state index contributed by atoms with van der Waals surface area (Å²) in [5, 5.41) is 6.62. The Kier molecular flexibility index (Phi) is 6.57. The van der Waals surface area contributed by atoms with Crippen molar-refractivity contribution in [2.45, 2.75) is 20.0 Å². The van der Waals surface area contributed by atoms with Crippen molar-refractivity contribution < 1.29 is 14.2 Å². The molecule has 6 nitrogen and oxygen atoms in total. The second-order valence-electron chi connectivity index (χ2n) is 5.94. The molecule has 2 aromatic rings. The van der Waals surface area contributed by atoms with Gasteiger partial charge in [-0.2, -0.15) is 0 Å². The van der Waals surface area contributed by atoms with Gasteiger partial charge in [-0.3, -0.25) is 0 Å². The standard InChI is InChI=1S/C21H25N3O3/c1-3-11-25-18-8-6-5-7-17(18)14-24-21(22-4-2)23-13-16-9-10-19-20(12-16)27-15-26-19/h3,5-10,12H,1,4,11,13-15H2,2H3,(H2,22,23,24). The van der Waals surface area contributed by atoms with Crippen molar-refractivity contribution >= 4 is 5.96 Å². The highest BCUT2D eigenvalue weighted by atomic mass is 16.7. The van der Waals surface area contributed by atoms with E-state index in [1.165, 1.54) is 0 Å². The summed E-state index contributed by atoms with van der Waals surface area (Å²) in [5.41, 5.74) is 2.12. The van der Waals surface area contributed by atoms with Crippen molar-refractivity contribution in [2.75, 3.05) is 19.9 Å². The molecule has 0 aliphatic carbocycles. The van der Waals surface area contributed by atoms with Crippen LogP contribution in [-0.4, -0.2) is 25.9 Å². The van der Waals surface area contributed by atoms with Crippen LogP contribution in [0.3, 0.4) is 0 Å². The normalized spacial score (nSPS) is 12.6. The second-order valence-corrected chi connectivity index (χ2v) is 5.94. The molecule has 0 spiro atoms. The van der Waals surface area contributed by atoms with E-state index in [0.717, 1.165) is 40.9 Å². The summed E-state index contributed by atoms with van der Waals surface area (Å²) in [6.45, 7) is 8.42. The Balaban J connectivity index is 1.63. The molecule has 0 fully saturated rings.